The number of aliphatic imine (C=N–C) groups is 1. The van der Waals surface area contributed by atoms with Crippen LogP contribution >= 0.6 is 0 Å². The van der Waals surface area contributed by atoms with Crippen LogP contribution in [0.25, 0.3) is 0 Å². The third-order valence-electron chi connectivity index (χ3n) is 3.75. The summed E-state index contributed by atoms with van der Waals surface area (Å²) >= 11 is 0. The normalized spacial score (nSPS) is 17.1. The molecule has 4 nitrogen and oxygen atoms in total. The summed E-state index contributed by atoms with van der Waals surface area (Å²) in [5.41, 5.74) is 0.655. The third kappa shape index (κ3) is 4.43. The number of rotatable bonds is 4. The third-order valence-corrected chi connectivity index (χ3v) is 3.75. The van der Waals surface area contributed by atoms with Crippen molar-refractivity contribution in [2.45, 2.75) is 32.4 Å². The summed E-state index contributed by atoms with van der Waals surface area (Å²) in [6.07, 6.45) is 2.37. The highest BCUT2D eigenvalue weighted by Crippen LogP contribution is 2.14. The van der Waals surface area contributed by atoms with Gasteiger partial charge in [-0.15, -0.1) is 0 Å². The fraction of sp³-hybridized carbons (Fsp3) is 0.562. The molecule has 1 aliphatic rings. The Morgan fingerprint density at radius 1 is 1.38 bits per heavy atom. The van der Waals surface area contributed by atoms with Crippen LogP contribution in [-0.4, -0.2) is 43.7 Å². The second-order valence-corrected chi connectivity index (χ2v) is 5.13. The number of piperidine rings is 1. The molecule has 2 rings (SSSR count). The van der Waals surface area contributed by atoms with E-state index in [-0.39, 0.29) is 5.82 Å². The highest BCUT2D eigenvalue weighted by atomic mass is 19.1. The first kappa shape index (κ1) is 15.8. The Morgan fingerprint density at radius 3 is 2.71 bits per heavy atom. The molecule has 116 valence electrons. The predicted molar refractivity (Wildman–Crippen MR) is 82.8 cm³/mol. The Balaban J connectivity index is 1.86. The maximum atomic E-state index is 13.6. The van der Waals surface area contributed by atoms with Gasteiger partial charge in [-0.05, 0) is 25.8 Å². The van der Waals surface area contributed by atoms with E-state index in [2.05, 4.69) is 15.2 Å². The zero-order valence-electron chi connectivity index (χ0n) is 12.8. The molecule has 0 radical (unpaired) electrons. The topological polar surface area (TPSA) is 36.9 Å². The number of halogens is 1. The van der Waals surface area contributed by atoms with Crippen LogP contribution in [-0.2, 0) is 11.3 Å². The molecule has 1 aromatic carbocycles. The number of nitrogens with one attached hydrogen (secondary N) is 1. The fourth-order valence-electron chi connectivity index (χ4n) is 2.62. The van der Waals surface area contributed by atoms with Crippen LogP contribution in [0, 0.1) is 5.82 Å². The van der Waals surface area contributed by atoms with Crippen molar-refractivity contribution in [3.8, 4) is 0 Å². The van der Waals surface area contributed by atoms with Crippen molar-refractivity contribution in [1.29, 1.82) is 0 Å². The second-order valence-electron chi connectivity index (χ2n) is 5.13. The Kier molecular flexibility index (Phi) is 5.99. The van der Waals surface area contributed by atoms with Crippen LogP contribution in [0.15, 0.2) is 29.3 Å². The lowest BCUT2D eigenvalue weighted by Gasteiger charge is -2.34. The van der Waals surface area contributed by atoms with Gasteiger partial charge < -0.3 is 15.0 Å². The minimum Gasteiger partial charge on any atom is -0.378 e. The van der Waals surface area contributed by atoms with E-state index < -0.39 is 0 Å². The van der Waals surface area contributed by atoms with Crippen molar-refractivity contribution in [3.05, 3.63) is 35.6 Å². The Morgan fingerprint density at radius 2 is 2.10 bits per heavy atom. The predicted octanol–water partition coefficient (Wildman–Crippen LogP) is 2.40. The van der Waals surface area contributed by atoms with Crippen LogP contribution < -0.4 is 5.32 Å². The highest BCUT2D eigenvalue weighted by Gasteiger charge is 2.21. The molecule has 0 aliphatic carbocycles. The molecule has 1 saturated heterocycles. The van der Waals surface area contributed by atoms with E-state index >= 15 is 0 Å². The average Bonchev–Trinajstić information content (AvgIpc) is 2.51. The van der Waals surface area contributed by atoms with Crippen LogP contribution in [0.4, 0.5) is 4.39 Å². The summed E-state index contributed by atoms with van der Waals surface area (Å²) < 4.78 is 19.3. The van der Waals surface area contributed by atoms with Crippen LogP contribution in [0.2, 0.25) is 0 Å². The van der Waals surface area contributed by atoms with E-state index in [0.29, 0.717) is 18.2 Å². The lowest BCUT2D eigenvalue weighted by Crippen LogP contribution is -2.46. The van der Waals surface area contributed by atoms with Crippen molar-refractivity contribution < 1.29 is 9.13 Å². The zero-order chi connectivity index (χ0) is 15.1. The number of hydrogen-bond donors (Lipinski definition) is 1. The SMILES string of the molecule is CCOC1CCN(C(=NC)NCc2ccccc2F)CC1. The van der Waals surface area contributed by atoms with Gasteiger partial charge in [-0.2, -0.15) is 0 Å². The molecule has 1 N–H and O–H groups in total. The van der Waals surface area contributed by atoms with Crippen LogP contribution in [0.1, 0.15) is 25.3 Å². The fourth-order valence-corrected chi connectivity index (χ4v) is 2.62. The molecular formula is C16H24FN3O. The van der Waals surface area contributed by atoms with Gasteiger partial charge in [0.2, 0.25) is 0 Å². The van der Waals surface area contributed by atoms with Gasteiger partial charge in [-0.1, -0.05) is 18.2 Å². The van der Waals surface area contributed by atoms with Gasteiger partial charge >= 0.3 is 0 Å². The number of ether oxygens (including phenoxy) is 1. The van der Waals surface area contributed by atoms with E-state index in [1.54, 1.807) is 19.2 Å². The summed E-state index contributed by atoms with van der Waals surface area (Å²) in [4.78, 5) is 6.50. The van der Waals surface area contributed by atoms with Crippen molar-refractivity contribution in [1.82, 2.24) is 10.2 Å². The highest BCUT2D eigenvalue weighted by molar-refractivity contribution is 5.79. The zero-order valence-corrected chi connectivity index (χ0v) is 12.8. The first-order valence-corrected chi connectivity index (χ1v) is 7.55. The summed E-state index contributed by atoms with van der Waals surface area (Å²) in [7, 11) is 1.76. The van der Waals surface area contributed by atoms with Crippen molar-refractivity contribution in [3.63, 3.8) is 0 Å². The monoisotopic (exact) mass is 293 g/mol. The molecule has 5 heteroatoms. The molecule has 0 bridgehead atoms. The van der Waals surface area contributed by atoms with E-state index in [1.807, 2.05) is 13.0 Å². The first-order valence-electron chi connectivity index (χ1n) is 7.55. The number of nitrogens with zero attached hydrogens (tertiary/aromatic N) is 2. The molecular weight excluding hydrogens is 269 g/mol. The van der Waals surface area contributed by atoms with E-state index in [0.717, 1.165) is 38.5 Å². The standard InChI is InChI=1S/C16H24FN3O/c1-3-21-14-8-10-20(11-9-14)16(18-2)19-12-13-6-4-5-7-15(13)17/h4-7,14H,3,8-12H2,1-2H3,(H,18,19). The van der Waals surface area contributed by atoms with E-state index in [9.17, 15) is 4.39 Å². The number of likely N-dealkylation sites (tertiary alicyclic amines) is 1. The molecule has 1 heterocycles. The Bertz CT molecular complexity index is 470. The molecule has 21 heavy (non-hydrogen) atoms. The maximum Gasteiger partial charge on any atom is 0.193 e. The number of benzene rings is 1. The maximum absolute atomic E-state index is 13.6. The van der Waals surface area contributed by atoms with Crippen molar-refractivity contribution in [2.75, 3.05) is 26.7 Å². The summed E-state index contributed by atoms with van der Waals surface area (Å²) in [5, 5.41) is 3.24. The summed E-state index contributed by atoms with van der Waals surface area (Å²) in [5.74, 6) is 0.642. The van der Waals surface area contributed by atoms with E-state index in [1.165, 1.54) is 6.07 Å². The van der Waals surface area contributed by atoms with Gasteiger partial charge in [0.05, 0.1) is 6.10 Å². The Labute approximate surface area is 126 Å². The summed E-state index contributed by atoms with van der Waals surface area (Å²) in [6.45, 7) is 5.08. The van der Waals surface area contributed by atoms with Gasteiger partial charge in [0.1, 0.15) is 5.82 Å². The van der Waals surface area contributed by atoms with Gasteiger partial charge in [0.15, 0.2) is 5.96 Å². The molecule has 0 aromatic heterocycles. The lowest BCUT2D eigenvalue weighted by molar-refractivity contribution is 0.0263. The van der Waals surface area contributed by atoms with Crippen molar-refractivity contribution in [2.24, 2.45) is 4.99 Å². The molecule has 0 unspecified atom stereocenters. The minimum absolute atomic E-state index is 0.185. The van der Waals surface area contributed by atoms with Gasteiger partial charge in [0.25, 0.3) is 0 Å². The number of guanidine groups is 1. The summed E-state index contributed by atoms with van der Waals surface area (Å²) in [6, 6.07) is 6.81. The molecule has 0 saturated carbocycles. The minimum atomic E-state index is -0.185. The van der Waals surface area contributed by atoms with Gasteiger partial charge in [-0.3, -0.25) is 4.99 Å². The second kappa shape index (κ2) is 7.98. The van der Waals surface area contributed by atoms with E-state index in [4.69, 9.17) is 4.74 Å². The molecule has 1 aliphatic heterocycles. The molecule has 1 aromatic rings. The smallest absolute Gasteiger partial charge is 0.193 e. The molecule has 1 fully saturated rings. The van der Waals surface area contributed by atoms with Gasteiger partial charge in [0, 0.05) is 38.9 Å². The first-order chi connectivity index (χ1) is 10.2. The Hall–Kier alpha value is -1.62. The number of hydrogen-bond acceptors (Lipinski definition) is 2. The quantitative estimate of drug-likeness (QED) is 0.684. The van der Waals surface area contributed by atoms with Gasteiger partial charge in [-0.25, -0.2) is 4.39 Å². The van der Waals surface area contributed by atoms with Crippen LogP contribution in [0.3, 0.4) is 0 Å². The molecule has 0 atom stereocenters. The van der Waals surface area contributed by atoms with Crippen LogP contribution in [0.5, 0.6) is 0 Å². The molecule has 0 spiro atoms. The largest absolute Gasteiger partial charge is 0.378 e. The average molecular weight is 293 g/mol. The lowest BCUT2D eigenvalue weighted by atomic mass is 10.1. The van der Waals surface area contributed by atoms with Crippen molar-refractivity contribution >= 4 is 5.96 Å². The molecule has 0 amide bonds.